The summed E-state index contributed by atoms with van der Waals surface area (Å²) in [4.78, 5) is 0.309. The zero-order chi connectivity index (χ0) is 18.3. The zero-order valence-corrected chi connectivity index (χ0v) is 16.3. The van der Waals surface area contributed by atoms with Crippen molar-refractivity contribution >= 4 is 21.8 Å². The van der Waals surface area contributed by atoms with Crippen molar-refractivity contribution < 1.29 is 17.9 Å². The van der Waals surface area contributed by atoms with Gasteiger partial charge in [-0.2, -0.15) is 21.2 Å². The van der Waals surface area contributed by atoms with Crippen molar-refractivity contribution in [1.82, 2.24) is 14.5 Å². The van der Waals surface area contributed by atoms with Gasteiger partial charge in [-0.05, 0) is 38.0 Å². The number of hydrogen-bond donors (Lipinski definition) is 1. The lowest BCUT2D eigenvalue weighted by Crippen LogP contribution is -2.33. The zero-order valence-electron chi connectivity index (χ0n) is 14.7. The Bertz CT molecular complexity index is 907. The number of hydrogen-bond acceptors (Lipinski definition) is 6. The molecule has 1 aromatic heterocycles. The third kappa shape index (κ3) is 3.08. The van der Waals surface area contributed by atoms with Crippen molar-refractivity contribution in [3.05, 3.63) is 35.2 Å². The lowest BCUT2D eigenvalue weighted by atomic mass is 10.1. The molecule has 1 atom stereocenters. The van der Waals surface area contributed by atoms with E-state index in [2.05, 4.69) is 10.2 Å². The summed E-state index contributed by atoms with van der Waals surface area (Å²) in [6.45, 7) is 4.70. The third-order valence-electron chi connectivity index (χ3n) is 4.73. The number of fused-ring (bicyclic) bond motifs is 1. The second-order valence-corrected chi connectivity index (χ2v) is 9.61. The second kappa shape index (κ2) is 6.79. The Labute approximate surface area is 157 Å². The summed E-state index contributed by atoms with van der Waals surface area (Å²) in [5.74, 6) is 2.28. The summed E-state index contributed by atoms with van der Waals surface area (Å²) >= 11 is 1.78. The first-order chi connectivity index (χ1) is 12.5. The van der Waals surface area contributed by atoms with E-state index >= 15 is 0 Å². The van der Waals surface area contributed by atoms with Crippen LogP contribution in [0.15, 0.2) is 23.1 Å². The monoisotopic (exact) mass is 395 g/mol. The fraction of sp³-hybridized carbons (Fsp3) is 0.471. The number of thioether (sulfide) groups is 1. The highest BCUT2D eigenvalue weighted by molar-refractivity contribution is 7.99. The normalized spacial score (nSPS) is 20.9. The van der Waals surface area contributed by atoms with E-state index in [0.29, 0.717) is 29.4 Å². The minimum absolute atomic E-state index is 0.233. The fourth-order valence-electron chi connectivity index (χ4n) is 3.42. The SMILES string of the molecule is Cc1n[nH]c(C)c1S(=O)(=O)N1CCSC(c2ccc3c(c2)OCO3)CC1. The predicted molar refractivity (Wildman–Crippen MR) is 99.2 cm³/mol. The molecule has 1 N–H and O–H groups in total. The topological polar surface area (TPSA) is 84.5 Å². The average Bonchev–Trinajstić information content (AvgIpc) is 3.11. The number of rotatable bonds is 3. The molecule has 0 aliphatic carbocycles. The van der Waals surface area contributed by atoms with E-state index in [0.717, 1.165) is 29.2 Å². The molecule has 0 amide bonds. The van der Waals surface area contributed by atoms with Gasteiger partial charge in [-0.1, -0.05) is 6.07 Å². The van der Waals surface area contributed by atoms with E-state index in [1.54, 1.807) is 29.9 Å². The standard InChI is InChI=1S/C17H21N3O4S2/c1-11-17(12(2)19-18-11)26(21,22)20-6-5-16(25-8-7-20)13-3-4-14-15(9-13)24-10-23-14/h3-4,9,16H,5-8,10H2,1-2H3,(H,18,19). The number of nitrogens with zero attached hydrogens (tertiary/aromatic N) is 2. The van der Waals surface area contributed by atoms with Gasteiger partial charge in [0, 0.05) is 24.1 Å². The molecule has 0 spiro atoms. The highest BCUT2D eigenvalue weighted by atomic mass is 32.2. The van der Waals surface area contributed by atoms with Crippen LogP contribution in [0.1, 0.15) is 28.6 Å². The van der Waals surface area contributed by atoms with Gasteiger partial charge in [0.2, 0.25) is 16.8 Å². The molecule has 26 heavy (non-hydrogen) atoms. The van der Waals surface area contributed by atoms with Crippen LogP contribution in [0.25, 0.3) is 0 Å². The van der Waals surface area contributed by atoms with Crippen LogP contribution in [0.2, 0.25) is 0 Å². The van der Waals surface area contributed by atoms with Gasteiger partial charge in [0.1, 0.15) is 4.90 Å². The highest BCUT2D eigenvalue weighted by Crippen LogP contribution is 2.40. The van der Waals surface area contributed by atoms with Gasteiger partial charge in [-0.3, -0.25) is 5.10 Å². The number of nitrogens with one attached hydrogen (secondary N) is 1. The van der Waals surface area contributed by atoms with Crippen molar-refractivity contribution in [2.45, 2.75) is 30.4 Å². The molecule has 1 saturated heterocycles. The molecule has 2 aromatic rings. The van der Waals surface area contributed by atoms with Crippen LogP contribution in [-0.2, 0) is 10.0 Å². The quantitative estimate of drug-likeness (QED) is 0.860. The lowest BCUT2D eigenvalue weighted by Gasteiger charge is -2.20. The Hall–Kier alpha value is -1.71. The molecule has 9 heteroatoms. The molecule has 140 valence electrons. The van der Waals surface area contributed by atoms with Crippen LogP contribution in [0.4, 0.5) is 0 Å². The Kier molecular flexibility index (Phi) is 4.62. The second-order valence-electron chi connectivity index (χ2n) is 6.43. The number of aromatic nitrogens is 2. The van der Waals surface area contributed by atoms with Crippen molar-refractivity contribution in [3.8, 4) is 11.5 Å². The van der Waals surface area contributed by atoms with Gasteiger partial charge in [-0.15, -0.1) is 0 Å². The van der Waals surface area contributed by atoms with Crippen molar-refractivity contribution in [1.29, 1.82) is 0 Å². The van der Waals surface area contributed by atoms with Gasteiger partial charge < -0.3 is 9.47 Å². The summed E-state index contributed by atoms with van der Waals surface area (Å²) < 4.78 is 38.5. The first-order valence-corrected chi connectivity index (χ1v) is 11.0. The predicted octanol–water partition coefficient (Wildman–Crippen LogP) is 2.62. The molecule has 1 aromatic carbocycles. The van der Waals surface area contributed by atoms with E-state index < -0.39 is 10.0 Å². The largest absolute Gasteiger partial charge is 0.454 e. The van der Waals surface area contributed by atoms with Gasteiger partial charge in [0.05, 0.1) is 11.4 Å². The van der Waals surface area contributed by atoms with Crippen LogP contribution in [-0.4, -0.2) is 48.6 Å². The first-order valence-electron chi connectivity index (χ1n) is 8.49. The van der Waals surface area contributed by atoms with Gasteiger partial charge in [0.15, 0.2) is 11.5 Å². The summed E-state index contributed by atoms with van der Waals surface area (Å²) in [7, 11) is -3.54. The summed E-state index contributed by atoms with van der Waals surface area (Å²) in [6, 6.07) is 5.98. The molecule has 4 rings (SSSR count). The summed E-state index contributed by atoms with van der Waals surface area (Å²) in [5.41, 5.74) is 2.26. The van der Waals surface area contributed by atoms with Crippen LogP contribution < -0.4 is 9.47 Å². The maximum Gasteiger partial charge on any atom is 0.246 e. The lowest BCUT2D eigenvalue weighted by molar-refractivity contribution is 0.174. The number of aryl methyl sites for hydroxylation is 2. The fourth-order valence-corrected chi connectivity index (χ4v) is 6.54. The maximum absolute atomic E-state index is 13.1. The molecular weight excluding hydrogens is 374 g/mol. The average molecular weight is 396 g/mol. The van der Waals surface area contributed by atoms with E-state index in [1.165, 1.54) is 0 Å². The summed E-state index contributed by atoms with van der Waals surface area (Å²) in [6.07, 6.45) is 0.749. The first kappa shape index (κ1) is 17.7. The number of benzene rings is 1. The number of aromatic amines is 1. The van der Waals surface area contributed by atoms with E-state index in [1.807, 2.05) is 18.2 Å². The molecule has 3 heterocycles. The van der Waals surface area contributed by atoms with Crippen LogP contribution in [0, 0.1) is 13.8 Å². The Morgan fingerprint density at radius 2 is 2.04 bits per heavy atom. The van der Waals surface area contributed by atoms with Crippen LogP contribution in [0.3, 0.4) is 0 Å². The summed E-state index contributed by atoms with van der Waals surface area (Å²) in [5, 5.41) is 7.04. The van der Waals surface area contributed by atoms with E-state index in [4.69, 9.17) is 9.47 Å². The molecule has 0 radical (unpaired) electrons. The van der Waals surface area contributed by atoms with Crippen LogP contribution >= 0.6 is 11.8 Å². The molecule has 1 unspecified atom stereocenters. The number of H-pyrrole nitrogens is 1. The van der Waals surface area contributed by atoms with Crippen molar-refractivity contribution in [2.75, 3.05) is 25.6 Å². The van der Waals surface area contributed by atoms with Gasteiger partial charge in [-0.25, -0.2) is 8.42 Å². The molecular formula is C17H21N3O4S2. The molecule has 1 fully saturated rings. The number of ether oxygens (including phenoxy) is 2. The van der Waals surface area contributed by atoms with E-state index in [-0.39, 0.29) is 12.0 Å². The molecule has 2 aliphatic heterocycles. The molecule has 0 bridgehead atoms. The molecule has 2 aliphatic rings. The number of sulfonamides is 1. The molecule has 0 saturated carbocycles. The highest BCUT2D eigenvalue weighted by Gasteiger charge is 2.32. The van der Waals surface area contributed by atoms with Gasteiger partial charge >= 0.3 is 0 Å². The molecule has 7 nitrogen and oxygen atoms in total. The Balaban J connectivity index is 1.53. The smallest absolute Gasteiger partial charge is 0.246 e. The Morgan fingerprint density at radius 3 is 2.81 bits per heavy atom. The third-order valence-corrected chi connectivity index (χ3v) is 8.22. The minimum Gasteiger partial charge on any atom is -0.454 e. The maximum atomic E-state index is 13.1. The van der Waals surface area contributed by atoms with Crippen LogP contribution in [0.5, 0.6) is 11.5 Å². The van der Waals surface area contributed by atoms with Crippen molar-refractivity contribution in [3.63, 3.8) is 0 Å². The Morgan fingerprint density at radius 1 is 1.23 bits per heavy atom. The van der Waals surface area contributed by atoms with Gasteiger partial charge in [0.25, 0.3) is 0 Å². The van der Waals surface area contributed by atoms with E-state index in [9.17, 15) is 8.42 Å². The van der Waals surface area contributed by atoms with Crippen molar-refractivity contribution in [2.24, 2.45) is 0 Å². The minimum atomic E-state index is -3.54.